The molecule has 46 heavy (non-hydrogen) atoms. The van der Waals surface area contributed by atoms with Gasteiger partial charge in [0.2, 0.25) is 5.88 Å². The van der Waals surface area contributed by atoms with Crippen LogP contribution in [0.5, 0.6) is 5.88 Å². The van der Waals surface area contributed by atoms with Gasteiger partial charge in [0.1, 0.15) is 5.56 Å². The van der Waals surface area contributed by atoms with Crippen molar-refractivity contribution in [2.75, 3.05) is 39.1 Å². The van der Waals surface area contributed by atoms with Crippen LogP contribution in [-0.4, -0.2) is 75.8 Å². The Hall–Kier alpha value is -4.45. The summed E-state index contributed by atoms with van der Waals surface area (Å²) in [6.07, 6.45) is 3.19. The molecular weight excluding hydrogens is 629 g/mol. The van der Waals surface area contributed by atoms with Crippen molar-refractivity contribution in [1.29, 1.82) is 0 Å². The Kier molecular flexibility index (Phi) is 7.50. The average Bonchev–Trinajstić information content (AvgIpc) is 3.58. The number of carbonyl (C=O) groups excluding carboxylic acids is 2. The second-order valence-electron chi connectivity index (χ2n) is 12.1. The van der Waals surface area contributed by atoms with Crippen molar-refractivity contribution in [2.24, 2.45) is 7.05 Å². The van der Waals surface area contributed by atoms with Gasteiger partial charge < -0.3 is 20.3 Å². The average molecular weight is 661 g/mol. The molecule has 2 aromatic carbocycles. The van der Waals surface area contributed by atoms with E-state index in [9.17, 15) is 14.4 Å². The van der Waals surface area contributed by atoms with Crippen molar-refractivity contribution in [3.05, 3.63) is 91.8 Å². The van der Waals surface area contributed by atoms with Gasteiger partial charge in [-0.15, -0.1) is 0 Å². The van der Waals surface area contributed by atoms with Crippen LogP contribution in [0.25, 0.3) is 22.4 Å². The van der Waals surface area contributed by atoms with Crippen molar-refractivity contribution < 1.29 is 14.3 Å². The van der Waals surface area contributed by atoms with Crippen LogP contribution in [-0.2, 0) is 13.5 Å². The topological polar surface area (TPSA) is 122 Å². The molecule has 0 radical (unpaired) electrons. The number of likely N-dealkylation sites (N-methyl/N-ethyl adjacent to an activating group) is 1. The molecule has 1 spiro atoms. The minimum absolute atomic E-state index is 0.0238. The first-order chi connectivity index (χ1) is 22.1. The van der Waals surface area contributed by atoms with E-state index < -0.39 is 11.5 Å². The third-order valence-electron chi connectivity index (χ3n) is 9.10. The molecule has 0 bridgehead atoms. The van der Waals surface area contributed by atoms with Crippen LogP contribution in [0.3, 0.4) is 0 Å². The molecule has 2 fully saturated rings. The lowest BCUT2D eigenvalue weighted by Gasteiger charge is -2.50. The number of anilines is 1. The van der Waals surface area contributed by atoms with E-state index in [2.05, 4.69) is 26.7 Å². The number of halogens is 2. The molecule has 11 nitrogen and oxygen atoms in total. The number of pyridine rings is 1. The number of nitrogens with zero attached hydrogens (tertiary/aromatic N) is 5. The van der Waals surface area contributed by atoms with Crippen molar-refractivity contribution >= 4 is 40.8 Å². The van der Waals surface area contributed by atoms with Gasteiger partial charge in [-0.1, -0.05) is 53.5 Å². The van der Waals surface area contributed by atoms with Gasteiger partial charge in [-0.3, -0.25) is 14.5 Å². The summed E-state index contributed by atoms with van der Waals surface area (Å²) in [5.74, 6) is -0.0293. The fraction of sp³-hybridized carbons (Fsp3) is 0.303. The van der Waals surface area contributed by atoms with E-state index in [1.54, 1.807) is 24.1 Å². The van der Waals surface area contributed by atoms with E-state index in [1.807, 2.05) is 31.3 Å². The second kappa shape index (κ2) is 11.4. The highest BCUT2D eigenvalue weighted by Gasteiger charge is 2.53. The van der Waals surface area contributed by atoms with Gasteiger partial charge in [-0.25, -0.2) is 14.5 Å². The zero-order valence-electron chi connectivity index (χ0n) is 25.4. The number of aryl methyl sites for hydroxylation is 2. The number of benzene rings is 2. The number of nitrogens with one attached hydrogen (secondary N) is 2. The predicted molar refractivity (Wildman–Crippen MR) is 176 cm³/mol. The molecule has 4 aromatic rings. The zero-order valence-corrected chi connectivity index (χ0v) is 26.9. The maximum atomic E-state index is 12.9. The number of carbonyl (C=O) groups is 2. The summed E-state index contributed by atoms with van der Waals surface area (Å²) in [6, 6.07) is 14.5. The van der Waals surface area contributed by atoms with Gasteiger partial charge in [-0.05, 0) is 36.6 Å². The lowest BCUT2D eigenvalue weighted by Crippen LogP contribution is -2.69. The van der Waals surface area contributed by atoms with Crippen LogP contribution in [0.1, 0.15) is 33.9 Å². The van der Waals surface area contributed by atoms with Crippen LogP contribution in [0.4, 0.5) is 10.5 Å². The molecule has 3 amide bonds. The van der Waals surface area contributed by atoms with Gasteiger partial charge >= 0.3 is 6.03 Å². The molecular formula is C33H31Cl2N7O4. The maximum absolute atomic E-state index is 12.9. The van der Waals surface area contributed by atoms with Gasteiger partial charge in [0.15, 0.2) is 0 Å². The van der Waals surface area contributed by atoms with Crippen molar-refractivity contribution in [3.8, 4) is 28.3 Å². The third-order valence-corrected chi connectivity index (χ3v) is 9.91. The number of amides is 3. The monoisotopic (exact) mass is 659 g/mol. The van der Waals surface area contributed by atoms with Crippen LogP contribution in [0.15, 0.2) is 59.5 Å². The molecule has 2 N–H and O–H groups in total. The van der Waals surface area contributed by atoms with Crippen molar-refractivity contribution in [3.63, 3.8) is 0 Å². The van der Waals surface area contributed by atoms with Crippen LogP contribution in [0, 0.1) is 0 Å². The number of aromatic nitrogens is 3. The summed E-state index contributed by atoms with van der Waals surface area (Å²) in [5, 5.41) is 10.5. The molecule has 4 heterocycles. The molecule has 1 aliphatic carbocycles. The zero-order chi connectivity index (χ0) is 32.3. The first-order valence-corrected chi connectivity index (χ1v) is 15.6. The van der Waals surface area contributed by atoms with Crippen LogP contribution >= 0.6 is 23.2 Å². The number of urea groups is 1. The third kappa shape index (κ3) is 4.99. The standard InChI is InChI=1S/C33H31Cl2N7O4/c1-40-15-33(39-32(40)45)16-42(17-33)25-11-10-18-14-24(38-30(46-3)26(18)25)21-8-4-6-19(27(21)34)20-7-5-9-23(28(20)35)37-29(43)22-12-13-36-41(2)31(22)44/h4-9,12-14,25H,10-11,15-17H2,1-3H3,(H,37,43)(H,39,45)/t25-/m0/s1. The summed E-state index contributed by atoms with van der Waals surface area (Å²) in [5.41, 5.74) is 4.49. The second-order valence-corrected chi connectivity index (χ2v) is 12.8. The summed E-state index contributed by atoms with van der Waals surface area (Å²) in [4.78, 5) is 46.5. The highest BCUT2D eigenvalue weighted by Crippen LogP contribution is 2.47. The van der Waals surface area contributed by atoms with E-state index >= 15 is 0 Å². The lowest BCUT2D eigenvalue weighted by molar-refractivity contribution is 0.0198. The first-order valence-electron chi connectivity index (χ1n) is 14.9. The highest BCUT2D eigenvalue weighted by molar-refractivity contribution is 6.39. The van der Waals surface area contributed by atoms with Crippen LogP contribution in [0.2, 0.25) is 10.0 Å². The van der Waals surface area contributed by atoms with Gasteiger partial charge in [-0.2, -0.15) is 5.10 Å². The largest absolute Gasteiger partial charge is 0.481 e. The molecule has 13 heteroatoms. The number of likely N-dealkylation sites (tertiary alicyclic amines) is 1. The Morgan fingerprint density at radius 1 is 1.02 bits per heavy atom. The first kappa shape index (κ1) is 30.2. The van der Waals surface area contributed by atoms with Crippen LogP contribution < -0.4 is 20.9 Å². The number of fused-ring (bicyclic) bond motifs is 1. The summed E-state index contributed by atoms with van der Waals surface area (Å²) in [7, 11) is 4.93. The Bertz CT molecular complexity index is 1970. The minimum Gasteiger partial charge on any atom is -0.481 e. The lowest BCUT2D eigenvalue weighted by atomic mass is 9.88. The van der Waals surface area contributed by atoms with E-state index in [0.717, 1.165) is 41.7 Å². The molecule has 0 saturated carbocycles. The van der Waals surface area contributed by atoms with E-state index in [1.165, 1.54) is 19.3 Å². The quantitative estimate of drug-likeness (QED) is 0.306. The van der Waals surface area contributed by atoms with E-state index in [-0.39, 0.29) is 28.2 Å². The molecule has 2 aromatic heterocycles. The van der Waals surface area contributed by atoms with E-state index in [0.29, 0.717) is 45.5 Å². The Labute approximate surface area is 275 Å². The smallest absolute Gasteiger partial charge is 0.317 e. The number of methoxy groups -OCH3 is 1. The summed E-state index contributed by atoms with van der Waals surface area (Å²) >= 11 is 13.9. The Balaban J connectivity index is 1.17. The minimum atomic E-state index is -0.594. The number of hydrogen-bond acceptors (Lipinski definition) is 7. The van der Waals surface area contributed by atoms with Gasteiger partial charge in [0, 0.05) is 68.2 Å². The van der Waals surface area contributed by atoms with Crippen molar-refractivity contribution in [2.45, 2.75) is 24.4 Å². The van der Waals surface area contributed by atoms with Gasteiger partial charge in [0.25, 0.3) is 11.5 Å². The molecule has 236 valence electrons. The molecule has 7 rings (SSSR count). The fourth-order valence-corrected chi connectivity index (χ4v) is 7.50. The number of hydrogen-bond donors (Lipinski definition) is 2. The predicted octanol–water partition coefficient (Wildman–Crippen LogP) is 4.77. The molecule has 2 saturated heterocycles. The Morgan fingerprint density at radius 2 is 1.74 bits per heavy atom. The summed E-state index contributed by atoms with van der Waals surface area (Å²) < 4.78 is 6.94. The molecule has 2 aliphatic heterocycles. The number of ether oxygens (including phenoxy) is 1. The maximum Gasteiger partial charge on any atom is 0.317 e. The van der Waals surface area contributed by atoms with E-state index in [4.69, 9.17) is 32.9 Å². The molecule has 0 unspecified atom stereocenters. The molecule has 3 aliphatic rings. The molecule has 1 atom stereocenters. The Morgan fingerprint density at radius 3 is 2.46 bits per heavy atom. The fourth-order valence-electron chi connectivity index (χ4n) is 6.90. The van der Waals surface area contributed by atoms with Gasteiger partial charge in [0.05, 0.1) is 34.1 Å². The SMILES string of the molecule is COc1nc(-c2cccc(-c3cccc(NC(=O)c4ccnn(C)c4=O)c3Cl)c2Cl)cc2c1[C@@H](N1CC3(CN(C)C(=O)N3)C1)CC2. The normalized spacial score (nSPS) is 18.3. The van der Waals surface area contributed by atoms with Crippen molar-refractivity contribution in [1.82, 2.24) is 29.9 Å². The number of rotatable bonds is 6. The summed E-state index contributed by atoms with van der Waals surface area (Å²) in [6.45, 7) is 2.27. The highest BCUT2D eigenvalue weighted by atomic mass is 35.5.